The Morgan fingerprint density at radius 1 is 0.875 bits per heavy atom. The Morgan fingerprint density at radius 2 is 1.52 bits per heavy atom. The van der Waals surface area contributed by atoms with E-state index in [9.17, 15) is 0 Å². The van der Waals surface area contributed by atoms with Crippen LogP contribution in [0.1, 0.15) is 31.9 Å². The average Bonchev–Trinajstić information content (AvgIpc) is 3.59. The number of aryl methyl sites for hydroxylation is 3. The summed E-state index contributed by atoms with van der Waals surface area (Å²) in [6.07, 6.45) is 4.14. The number of hydrogen-bond acceptors (Lipinski definition) is 1. The van der Waals surface area contributed by atoms with Crippen molar-refractivity contribution < 1.29 is 8.98 Å². The number of benzene rings is 4. The summed E-state index contributed by atoms with van der Waals surface area (Å²) in [5.74, 6) is 1.07. The quantitative estimate of drug-likeness (QED) is 0.165. The van der Waals surface area contributed by atoms with Crippen molar-refractivity contribution in [1.29, 1.82) is 0 Å². The normalized spacial score (nSPS) is 12.2. The van der Waals surface area contributed by atoms with Gasteiger partial charge in [0.15, 0.2) is 5.58 Å². The lowest BCUT2D eigenvalue weighted by Gasteiger charge is -2.22. The summed E-state index contributed by atoms with van der Waals surface area (Å²) < 4.78 is 13.5. The summed E-state index contributed by atoms with van der Waals surface area (Å²) >= 11 is 0. The van der Waals surface area contributed by atoms with Gasteiger partial charge in [-0.25, -0.2) is 14.0 Å². The fraction of sp³-hybridized carbons (Fsp3) is 0.200. The monoisotopic (exact) mass is 523 g/mol. The second kappa shape index (κ2) is 8.34. The highest BCUT2D eigenvalue weighted by Gasteiger charge is 2.30. The van der Waals surface area contributed by atoms with E-state index in [4.69, 9.17) is 11.0 Å². The standard InChI is InChI=1S/C35H31N4O/c1-21-20-25(35(2,3)4)30-24-16-17-26(36-5)31(32(24)40-33(30)29(21)34-37(6)18-19-38(34)7)39-27-14-10-8-12-22(27)23-13-9-11-15-28(23)39/h8-20H,1-4,6-7H3/q+1. The van der Waals surface area contributed by atoms with Crippen molar-refractivity contribution in [3.63, 3.8) is 0 Å². The van der Waals surface area contributed by atoms with Crippen LogP contribution in [-0.2, 0) is 19.5 Å². The van der Waals surface area contributed by atoms with Crippen molar-refractivity contribution >= 4 is 49.4 Å². The fourth-order valence-corrected chi connectivity index (χ4v) is 6.40. The summed E-state index contributed by atoms with van der Waals surface area (Å²) in [4.78, 5) is 4.01. The summed E-state index contributed by atoms with van der Waals surface area (Å²) in [6, 6.07) is 23.2. The predicted octanol–water partition coefficient (Wildman–Crippen LogP) is 8.67. The molecule has 0 N–H and O–H groups in total. The van der Waals surface area contributed by atoms with Crippen LogP contribution in [0, 0.1) is 13.5 Å². The van der Waals surface area contributed by atoms with Crippen molar-refractivity contribution in [2.75, 3.05) is 0 Å². The molecule has 0 saturated heterocycles. The fourth-order valence-electron chi connectivity index (χ4n) is 6.40. The zero-order chi connectivity index (χ0) is 27.9. The highest BCUT2D eigenvalue weighted by molar-refractivity contribution is 6.17. The Morgan fingerprint density at radius 3 is 2.10 bits per heavy atom. The molecule has 0 aliphatic carbocycles. The molecule has 4 aromatic carbocycles. The molecular weight excluding hydrogens is 492 g/mol. The molecule has 7 aromatic rings. The largest absolute Gasteiger partial charge is 0.454 e. The number of imidazole rings is 1. The molecular formula is C35H31N4O+. The van der Waals surface area contributed by atoms with Gasteiger partial charge in [-0.15, -0.1) is 0 Å². The highest BCUT2D eigenvalue weighted by Crippen LogP contribution is 2.47. The van der Waals surface area contributed by atoms with Gasteiger partial charge in [0.1, 0.15) is 23.5 Å². The SMILES string of the molecule is [C-]#[N+]c1ccc2c(oc3c(-c4n(C)cc[n+]4C)c(C)cc(C(C)(C)C)c32)c1-n1c2ccccc2c2ccccc21. The van der Waals surface area contributed by atoms with E-state index >= 15 is 0 Å². The van der Waals surface area contributed by atoms with Gasteiger partial charge < -0.3 is 8.98 Å². The molecule has 3 aromatic heterocycles. The third-order valence-corrected chi connectivity index (χ3v) is 8.20. The third kappa shape index (κ3) is 3.23. The van der Waals surface area contributed by atoms with E-state index in [1.165, 1.54) is 5.56 Å². The lowest BCUT2D eigenvalue weighted by Crippen LogP contribution is -2.29. The van der Waals surface area contributed by atoms with E-state index < -0.39 is 0 Å². The molecule has 5 nitrogen and oxygen atoms in total. The minimum Gasteiger partial charge on any atom is -0.454 e. The van der Waals surface area contributed by atoms with Crippen molar-refractivity contribution in [1.82, 2.24) is 9.13 Å². The molecule has 0 bridgehead atoms. The molecule has 0 spiro atoms. The number of fused-ring (bicyclic) bond motifs is 6. The van der Waals surface area contributed by atoms with Gasteiger partial charge in [0.05, 0.1) is 37.4 Å². The second-order valence-corrected chi connectivity index (χ2v) is 11.8. The van der Waals surface area contributed by atoms with Gasteiger partial charge in [0.2, 0.25) is 5.69 Å². The Hall–Kier alpha value is -4.82. The predicted molar refractivity (Wildman–Crippen MR) is 163 cm³/mol. The minimum absolute atomic E-state index is 0.111. The average molecular weight is 524 g/mol. The summed E-state index contributed by atoms with van der Waals surface area (Å²) in [7, 11) is 4.14. The number of aromatic nitrogens is 3. The molecule has 0 radical (unpaired) electrons. The Kier molecular flexibility index (Phi) is 5.05. The summed E-state index contributed by atoms with van der Waals surface area (Å²) in [6.45, 7) is 17.1. The maximum absolute atomic E-state index is 8.16. The summed E-state index contributed by atoms with van der Waals surface area (Å²) in [5, 5.41) is 4.46. The first-order valence-corrected chi connectivity index (χ1v) is 13.6. The van der Waals surface area contributed by atoms with Crippen LogP contribution in [0.3, 0.4) is 0 Å². The van der Waals surface area contributed by atoms with E-state index in [0.29, 0.717) is 5.69 Å². The van der Waals surface area contributed by atoms with E-state index in [-0.39, 0.29) is 5.41 Å². The van der Waals surface area contributed by atoms with E-state index in [1.54, 1.807) is 0 Å². The molecule has 40 heavy (non-hydrogen) atoms. The number of furan rings is 1. The molecule has 3 heterocycles. The van der Waals surface area contributed by atoms with Crippen LogP contribution in [0.2, 0.25) is 0 Å². The first-order chi connectivity index (χ1) is 19.2. The van der Waals surface area contributed by atoms with Crippen molar-refractivity contribution in [2.45, 2.75) is 33.1 Å². The molecule has 0 saturated carbocycles. The number of rotatable bonds is 2. The third-order valence-electron chi connectivity index (χ3n) is 8.20. The van der Waals surface area contributed by atoms with Crippen molar-refractivity contribution in [3.8, 4) is 17.1 Å². The van der Waals surface area contributed by atoms with E-state index in [0.717, 1.165) is 66.4 Å². The Bertz CT molecular complexity index is 2120. The zero-order valence-electron chi connectivity index (χ0n) is 23.7. The molecule has 0 unspecified atom stereocenters. The first kappa shape index (κ1) is 24.2. The van der Waals surface area contributed by atoms with Crippen LogP contribution in [0.15, 0.2) is 83.5 Å². The molecule has 0 amide bonds. The topological polar surface area (TPSA) is 31.2 Å². The van der Waals surface area contributed by atoms with Crippen LogP contribution in [0.4, 0.5) is 5.69 Å². The molecule has 196 valence electrons. The maximum atomic E-state index is 8.16. The second-order valence-electron chi connectivity index (χ2n) is 11.8. The number of nitrogens with zero attached hydrogens (tertiary/aromatic N) is 4. The first-order valence-electron chi connectivity index (χ1n) is 13.6. The van der Waals surface area contributed by atoms with E-state index in [2.05, 4.69) is 133 Å². The molecule has 0 aliphatic rings. The van der Waals surface area contributed by atoms with Gasteiger partial charge in [-0.3, -0.25) is 0 Å². The molecule has 0 fully saturated rings. The van der Waals surface area contributed by atoms with Gasteiger partial charge >= 0.3 is 0 Å². The zero-order valence-corrected chi connectivity index (χ0v) is 23.7. The van der Waals surface area contributed by atoms with Gasteiger partial charge in [0.25, 0.3) is 5.82 Å². The van der Waals surface area contributed by atoms with Crippen LogP contribution >= 0.6 is 0 Å². The van der Waals surface area contributed by atoms with E-state index in [1.807, 2.05) is 6.07 Å². The molecule has 5 heteroatoms. The van der Waals surface area contributed by atoms with Crippen molar-refractivity contribution in [2.24, 2.45) is 14.1 Å². The van der Waals surface area contributed by atoms with Crippen LogP contribution in [0.5, 0.6) is 0 Å². The molecule has 0 atom stereocenters. The molecule has 0 aliphatic heterocycles. The highest BCUT2D eigenvalue weighted by atomic mass is 16.3. The minimum atomic E-state index is -0.111. The maximum Gasteiger partial charge on any atom is 0.292 e. The van der Waals surface area contributed by atoms with Gasteiger partial charge in [-0.2, -0.15) is 0 Å². The lowest BCUT2D eigenvalue weighted by atomic mass is 9.82. The van der Waals surface area contributed by atoms with Crippen LogP contribution in [0.25, 0.3) is 65.7 Å². The number of para-hydroxylation sites is 2. The van der Waals surface area contributed by atoms with Crippen LogP contribution in [-0.4, -0.2) is 9.13 Å². The number of hydrogen-bond donors (Lipinski definition) is 0. The summed E-state index contributed by atoms with van der Waals surface area (Å²) in [5.41, 5.74) is 8.45. The van der Waals surface area contributed by atoms with Gasteiger partial charge in [-0.05, 0) is 35.6 Å². The van der Waals surface area contributed by atoms with Gasteiger partial charge in [-0.1, -0.05) is 75.4 Å². The smallest absolute Gasteiger partial charge is 0.292 e. The Labute approximate surface area is 233 Å². The van der Waals surface area contributed by atoms with Crippen LogP contribution < -0.4 is 4.57 Å². The van der Waals surface area contributed by atoms with Crippen molar-refractivity contribution in [3.05, 3.63) is 102 Å². The van der Waals surface area contributed by atoms with Gasteiger partial charge in [0, 0.05) is 21.5 Å². The molecule has 7 rings (SSSR count). The lowest BCUT2D eigenvalue weighted by molar-refractivity contribution is -0.659. The Balaban J connectivity index is 1.73.